The SMILES string of the molecule is CCCCC(=O)c1nn(C(C)(C)C)cc1NC(=O)Nc1cc(F)c(C)c(-c2ccc(CC)nc2)c1. The van der Waals surface area contributed by atoms with Gasteiger partial charge in [-0.3, -0.25) is 14.5 Å². The minimum atomic E-state index is -0.586. The number of carbonyl (C=O) groups is 2. The Labute approximate surface area is 206 Å². The summed E-state index contributed by atoms with van der Waals surface area (Å²) in [7, 11) is 0. The van der Waals surface area contributed by atoms with Crippen molar-refractivity contribution in [3.8, 4) is 11.1 Å². The van der Waals surface area contributed by atoms with E-state index in [2.05, 4.69) is 20.7 Å². The van der Waals surface area contributed by atoms with E-state index in [4.69, 9.17) is 0 Å². The molecule has 3 rings (SSSR count). The normalized spacial score (nSPS) is 11.4. The van der Waals surface area contributed by atoms with Gasteiger partial charge in [0.05, 0.1) is 11.2 Å². The molecule has 0 atom stereocenters. The molecule has 0 fully saturated rings. The molecule has 186 valence electrons. The van der Waals surface area contributed by atoms with E-state index in [1.165, 1.54) is 6.07 Å². The molecular weight excluding hydrogens is 445 g/mol. The molecule has 0 saturated carbocycles. The highest BCUT2D eigenvalue weighted by Crippen LogP contribution is 2.29. The molecule has 0 aliphatic carbocycles. The summed E-state index contributed by atoms with van der Waals surface area (Å²) in [6, 6.07) is 6.21. The predicted molar refractivity (Wildman–Crippen MR) is 137 cm³/mol. The van der Waals surface area contributed by atoms with Crippen LogP contribution in [0.2, 0.25) is 0 Å². The molecule has 0 aliphatic rings. The lowest BCUT2D eigenvalue weighted by Gasteiger charge is -2.18. The molecule has 1 aromatic carbocycles. The number of amides is 2. The third-order valence-corrected chi connectivity index (χ3v) is 5.77. The maximum Gasteiger partial charge on any atom is 0.323 e. The van der Waals surface area contributed by atoms with Crippen molar-refractivity contribution < 1.29 is 14.0 Å². The van der Waals surface area contributed by atoms with Gasteiger partial charge in [0.15, 0.2) is 11.5 Å². The van der Waals surface area contributed by atoms with Crippen LogP contribution >= 0.6 is 0 Å². The van der Waals surface area contributed by atoms with E-state index >= 15 is 0 Å². The Kier molecular flexibility index (Phi) is 8.04. The monoisotopic (exact) mass is 479 g/mol. The second-order valence-electron chi connectivity index (χ2n) is 9.64. The van der Waals surface area contributed by atoms with Crippen molar-refractivity contribution in [3.05, 3.63) is 59.4 Å². The molecule has 0 unspecified atom stereocenters. The van der Waals surface area contributed by atoms with Crippen LogP contribution in [0.3, 0.4) is 0 Å². The Balaban J connectivity index is 1.86. The smallest absolute Gasteiger partial charge is 0.308 e. The highest BCUT2D eigenvalue weighted by Gasteiger charge is 2.23. The Bertz CT molecular complexity index is 1210. The van der Waals surface area contributed by atoms with Crippen LogP contribution in [0.1, 0.15) is 75.6 Å². The lowest BCUT2D eigenvalue weighted by Crippen LogP contribution is -2.22. The number of aromatic nitrogens is 3. The number of urea groups is 1. The number of carbonyl (C=O) groups excluding carboxylic acids is 2. The van der Waals surface area contributed by atoms with Crippen molar-refractivity contribution in [2.24, 2.45) is 0 Å². The van der Waals surface area contributed by atoms with E-state index in [0.29, 0.717) is 28.9 Å². The largest absolute Gasteiger partial charge is 0.323 e. The zero-order valence-corrected chi connectivity index (χ0v) is 21.3. The molecule has 7 nitrogen and oxygen atoms in total. The fourth-order valence-corrected chi connectivity index (χ4v) is 3.60. The summed E-state index contributed by atoms with van der Waals surface area (Å²) < 4.78 is 16.4. The molecule has 2 heterocycles. The number of rotatable bonds is 8. The number of aryl methyl sites for hydroxylation is 1. The van der Waals surface area contributed by atoms with Gasteiger partial charge in [0.2, 0.25) is 0 Å². The van der Waals surface area contributed by atoms with Crippen molar-refractivity contribution in [2.45, 2.75) is 72.8 Å². The Morgan fingerprint density at radius 1 is 1.11 bits per heavy atom. The van der Waals surface area contributed by atoms with Gasteiger partial charge in [-0.05, 0) is 69.9 Å². The molecule has 2 aromatic heterocycles. The fourth-order valence-electron chi connectivity index (χ4n) is 3.60. The number of Topliss-reactive ketones (excluding diaryl/α,β-unsaturated/α-hetero) is 1. The lowest BCUT2D eigenvalue weighted by atomic mass is 10.0. The van der Waals surface area contributed by atoms with Gasteiger partial charge in [-0.15, -0.1) is 0 Å². The van der Waals surface area contributed by atoms with Crippen LogP contribution in [0.4, 0.5) is 20.6 Å². The number of nitrogens with one attached hydrogen (secondary N) is 2. The van der Waals surface area contributed by atoms with Crippen LogP contribution < -0.4 is 10.6 Å². The first-order chi connectivity index (χ1) is 16.5. The first-order valence-electron chi connectivity index (χ1n) is 12.0. The van der Waals surface area contributed by atoms with Gasteiger partial charge in [-0.2, -0.15) is 5.10 Å². The average Bonchev–Trinajstić information content (AvgIpc) is 3.24. The number of pyridine rings is 1. The number of halogens is 1. The van der Waals surface area contributed by atoms with Crippen molar-refractivity contribution in [1.82, 2.24) is 14.8 Å². The summed E-state index contributed by atoms with van der Waals surface area (Å²) in [6.45, 7) is 11.6. The average molecular weight is 480 g/mol. The van der Waals surface area contributed by atoms with Crippen molar-refractivity contribution in [3.63, 3.8) is 0 Å². The highest BCUT2D eigenvalue weighted by molar-refractivity contribution is 6.06. The molecule has 2 N–H and O–H groups in total. The number of unbranched alkanes of at least 4 members (excludes halogenated alkanes) is 1. The molecule has 0 aliphatic heterocycles. The minimum absolute atomic E-state index is 0.128. The molecule has 0 radical (unpaired) electrons. The summed E-state index contributed by atoms with van der Waals surface area (Å²) in [4.78, 5) is 30.0. The van der Waals surface area contributed by atoms with Crippen molar-refractivity contribution in [2.75, 3.05) is 10.6 Å². The zero-order chi connectivity index (χ0) is 25.8. The second kappa shape index (κ2) is 10.8. The number of hydrogen-bond donors (Lipinski definition) is 2. The molecule has 2 amide bonds. The molecule has 3 aromatic rings. The van der Waals surface area contributed by atoms with Gasteiger partial charge in [0.1, 0.15) is 5.82 Å². The van der Waals surface area contributed by atoms with E-state index in [1.807, 2.05) is 46.8 Å². The predicted octanol–water partition coefficient (Wildman–Crippen LogP) is 6.73. The summed E-state index contributed by atoms with van der Waals surface area (Å²) in [5.41, 5.74) is 3.29. The number of benzene rings is 1. The van der Waals surface area contributed by atoms with E-state index in [-0.39, 0.29) is 17.0 Å². The highest BCUT2D eigenvalue weighted by atomic mass is 19.1. The number of hydrogen-bond acceptors (Lipinski definition) is 4. The topological polar surface area (TPSA) is 88.9 Å². The van der Waals surface area contributed by atoms with Crippen molar-refractivity contribution in [1.29, 1.82) is 0 Å². The Hall–Kier alpha value is -3.55. The second-order valence-corrected chi connectivity index (χ2v) is 9.64. The number of ketones is 1. The van der Waals surface area contributed by atoms with E-state index < -0.39 is 11.8 Å². The van der Waals surface area contributed by atoms with Crippen molar-refractivity contribution >= 4 is 23.2 Å². The van der Waals surface area contributed by atoms with Crippen LogP contribution in [-0.4, -0.2) is 26.6 Å². The lowest BCUT2D eigenvalue weighted by molar-refractivity contribution is 0.0974. The zero-order valence-electron chi connectivity index (χ0n) is 21.3. The van der Waals surface area contributed by atoms with E-state index in [9.17, 15) is 14.0 Å². The molecule has 35 heavy (non-hydrogen) atoms. The van der Waals surface area contributed by atoms with Crippen LogP contribution in [0, 0.1) is 12.7 Å². The Morgan fingerprint density at radius 2 is 1.86 bits per heavy atom. The molecular formula is C27H34FN5O2. The first kappa shape index (κ1) is 26.1. The quantitative estimate of drug-likeness (QED) is 0.351. The maximum absolute atomic E-state index is 14.7. The van der Waals surface area contributed by atoms with Gasteiger partial charge in [0, 0.05) is 35.8 Å². The summed E-state index contributed by atoms with van der Waals surface area (Å²) in [6.07, 6.45) is 6.15. The van der Waals surface area contributed by atoms with Gasteiger partial charge < -0.3 is 10.6 Å². The van der Waals surface area contributed by atoms with Gasteiger partial charge in [-0.1, -0.05) is 26.3 Å². The van der Waals surface area contributed by atoms with Crippen LogP contribution in [0.15, 0.2) is 36.7 Å². The Morgan fingerprint density at radius 3 is 2.46 bits per heavy atom. The molecule has 0 saturated heterocycles. The fraction of sp³-hybridized carbons (Fsp3) is 0.407. The number of nitrogens with zero attached hydrogens (tertiary/aromatic N) is 3. The van der Waals surface area contributed by atoms with Gasteiger partial charge >= 0.3 is 6.03 Å². The maximum atomic E-state index is 14.7. The molecule has 0 bridgehead atoms. The van der Waals surface area contributed by atoms with Crippen LogP contribution in [0.5, 0.6) is 0 Å². The van der Waals surface area contributed by atoms with E-state index in [0.717, 1.165) is 30.5 Å². The summed E-state index contributed by atoms with van der Waals surface area (Å²) in [5.74, 6) is -0.565. The van der Waals surface area contributed by atoms with Gasteiger partial charge in [-0.25, -0.2) is 9.18 Å². The number of anilines is 2. The third-order valence-electron chi connectivity index (χ3n) is 5.77. The van der Waals surface area contributed by atoms with Gasteiger partial charge in [0.25, 0.3) is 0 Å². The van der Waals surface area contributed by atoms with Crippen LogP contribution in [0.25, 0.3) is 11.1 Å². The van der Waals surface area contributed by atoms with E-state index in [1.54, 1.807) is 30.1 Å². The van der Waals surface area contributed by atoms with Crippen LogP contribution in [-0.2, 0) is 12.0 Å². The first-order valence-corrected chi connectivity index (χ1v) is 12.0. The summed E-state index contributed by atoms with van der Waals surface area (Å²) >= 11 is 0. The third kappa shape index (κ3) is 6.32. The standard InChI is InChI=1S/C27H34FN5O2/c1-7-9-10-24(34)25-23(16-33(32-25)27(4,5)6)31-26(35)30-20-13-21(17(3)22(28)14-20)18-11-12-19(8-2)29-15-18/h11-16H,7-10H2,1-6H3,(H2,30,31,35). The minimum Gasteiger partial charge on any atom is -0.308 e. The molecule has 0 spiro atoms. The summed E-state index contributed by atoms with van der Waals surface area (Å²) in [5, 5.41) is 9.86. The molecule has 8 heteroatoms.